The van der Waals surface area contributed by atoms with Gasteiger partial charge in [0.25, 0.3) is 5.91 Å². The van der Waals surface area contributed by atoms with Crippen LogP contribution in [0.5, 0.6) is 0 Å². The van der Waals surface area contributed by atoms with Crippen molar-refractivity contribution in [1.29, 1.82) is 0 Å². The van der Waals surface area contributed by atoms with E-state index in [2.05, 4.69) is 0 Å². The average Bonchev–Trinajstić information content (AvgIpc) is 2.69. The number of hydrazine groups is 1. The molecule has 1 aliphatic rings. The zero-order valence-corrected chi connectivity index (χ0v) is 14.1. The summed E-state index contributed by atoms with van der Waals surface area (Å²) in [6.07, 6.45) is 1.63. The van der Waals surface area contributed by atoms with Crippen LogP contribution in [0.3, 0.4) is 0 Å². The summed E-state index contributed by atoms with van der Waals surface area (Å²) in [7, 11) is 0. The van der Waals surface area contributed by atoms with Gasteiger partial charge < -0.3 is 0 Å². The maximum absolute atomic E-state index is 12.4. The lowest BCUT2D eigenvalue weighted by atomic mass is 10.2. The first-order chi connectivity index (χ1) is 10.3. The lowest BCUT2D eigenvalue weighted by Gasteiger charge is -2.26. The summed E-state index contributed by atoms with van der Waals surface area (Å²) >= 11 is 12.0. The summed E-state index contributed by atoms with van der Waals surface area (Å²) < 4.78 is 0.135. The van der Waals surface area contributed by atoms with Crippen molar-refractivity contribution >= 4 is 63.7 Å². The first-order valence-corrected chi connectivity index (χ1v) is 7.76. The van der Waals surface area contributed by atoms with Gasteiger partial charge in [0.15, 0.2) is 4.32 Å². The van der Waals surface area contributed by atoms with Crippen molar-refractivity contribution in [3.05, 3.63) is 39.8 Å². The second-order valence-corrected chi connectivity index (χ2v) is 6.51. The van der Waals surface area contributed by atoms with Gasteiger partial charge in [-0.2, -0.15) is 10.0 Å². The van der Waals surface area contributed by atoms with Gasteiger partial charge in [-0.05, 0) is 36.0 Å². The number of nitrogens with zero attached hydrogens (tertiary/aromatic N) is 2. The highest BCUT2D eigenvalue weighted by atomic mass is 35.5. The lowest BCUT2D eigenvalue weighted by molar-refractivity contribution is -0.160. The molecule has 0 saturated carbocycles. The molecule has 8 heteroatoms. The summed E-state index contributed by atoms with van der Waals surface area (Å²) in [5.41, 5.74) is 0.766. The zero-order chi connectivity index (χ0) is 16.4. The fourth-order valence-electron chi connectivity index (χ4n) is 1.85. The van der Waals surface area contributed by atoms with Crippen LogP contribution in [0.1, 0.15) is 19.4 Å². The van der Waals surface area contributed by atoms with Crippen molar-refractivity contribution in [2.45, 2.75) is 13.8 Å². The molecule has 0 bridgehead atoms. The Labute approximate surface area is 141 Å². The van der Waals surface area contributed by atoms with Gasteiger partial charge in [0.05, 0.1) is 4.91 Å². The van der Waals surface area contributed by atoms with E-state index in [9.17, 15) is 14.4 Å². The van der Waals surface area contributed by atoms with E-state index in [1.807, 2.05) is 0 Å². The fourth-order valence-corrected chi connectivity index (χ4v) is 3.21. The third-order valence-corrected chi connectivity index (χ3v) is 4.27. The highest BCUT2D eigenvalue weighted by Gasteiger charge is 2.39. The quantitative estimate of drug-likeness (QED) is 0.603. The molecule has 22 heavy (non-hydrogen) atoms. The second kappa shape index (κ2) is 6.60. The first kappa shape index (κ1) is 16.7. The van der Waals surface area contributed by atoms with Gasteiger partial charge in [-0.25, -0.2) is 0 Å². The number of halogens is 1. The molecule has 0 unspecified atom stereocenters. The minimum atomic E-state index is -0.573. The molecule has 1 aromatic rings. The SMILES string of the molecule is CC(=O)N(C(C)=O)N1C(=O)/C(=C/c2ccc(Cl)cc2)SC1=S. The van der Waals surface area contributed by atoms with E-state index in [0.29, 0.717) is 9.93 Å². The van der Waals surface area contributed by atoms with Crippen molar-refractivity contribution < 1.29 is 14.4 Å². The molecule has 2 rings (SSSR count). The summed E-state index contributed by atoms with van der Waals surface area (Å²) in [5, 5.41) is 2.25. The molecule has 1 heterocycles. The van der Waals surface area contributed by atoms with Crippen LogP contribution in [-0.4, -0.2) is 32.1 Å². The van der Waals surface area contributed by atoms with Crippen LogP contribution >= 0.6 is 35.6 Å². The molecule has 0 aromatic heterocycles. The number of hydrogen-bond donors (Lipinski definition) is 0. The first-order valence-electron chi connectivity index (χ1n) is 6.16. The van der Waals surface area contributed by atoms with E-state index in [1.165, 1.54) is 13.8 Å². The van der Waals surface area contributed by atoms with Gasteiger partial charge in [0.1, 0.15) is 0 Å². The summed E-state index contributed by atoms with van der Waals surface area (Å²) in [4.78, 5) is 35.9. The molecular weight excluding hydrogens is 344 g/mol. The molecule has 0 N–H and O–H groups in total. The lowest BCUT2D eigenvalue weighted by Crippen LogP contribution is -2.50. The number of carbonyl (C=O) groups excluding carboxylic acids is 3. The average molecular weight is 355 g/mol. The van der Waals surface area contributed by atoms with E-state index in [4.69, 9.17) is 23.8 Å². The smallest absolute Gasteiger partial charge is 0.273 e. The van der Waals surface area contributed by atoms with Crippen molar-refractivity contribution in [2.24, 2.45) is 0 Å². The monoisotopic (exact) mass is 354 g/mol. The Kier molecular flexibility index (Phi) is 5.00. The molecule has 0 atom stereocenters. The number of thioether (sulfide) groups is 1. The molecule has 0 spiro atoms. The van der Waals surface area contributed by atoms with Crippen molar-refractivity contribution in [1.82, 2.24) is 10.0 Å². The number of thiocarbonyl (C=S) groups is 1. The van der Waals surface area contributed by atoms with Gasteiger partial charge in [-0.1, -0.05) is 35.5 Å². The van der Waals surface area contributed by atoms with Gasteiger partial charge in [0, 0.05) is 18.9 Å². The topological polar surface area (TPSA) is 57.7 Å². The van der Waals surface area contributed by atoms with E-state index in [0.717, 1.165) is 27.3 Å². The Morgan fingerprint density at radius 1 is 1.23 bits per heavy atom. The van der Waals surface area contributed by atoms with Crippen molar-refractivity contribution in [3.63, 3.8) is 0 Å². The maximum Gasteiger partial charge on any atom is 0.285 e. The van der Waals surface area contributed by atoms with Gasteiger partial charge >= 0.3 is 0 Å². The normalized spacial score (nSPS) is 16.3. The molecular formula is C14H11ClN2O3S2. The van der Waals surface area contributed by atoms with Crippen LogP contribution in [0.15, 0.2) is 29.2 Å². The number of rotatable bonds is 2. The zero-order valence-electron chi connectivity index (χ0n) is 11.7. The number of imide groups is 1. The van der Waals surface area contributed by atoms with Gasteiger partial charge in [-0.15, -0.1) is 0 Å². The molecule has 1 aromatic carbocycles. The van der Waals surface area contributed by atoms with E-state index < -0.39 is 17.7 Å². The van der Waals surface area contributed by atoms with Crippen LogP contribution in [0.4, 0.5) is 0 Å². The van der Waals surface area contributed by atoms with E-state index in [1.54, 1.807) is 30.3 Å². The molecule has 1 saturated heterocycles. The molecule has 114 valence electrons. The summed E-state index contributed by atoms with van der Waals surface area (Å²) in [5.74, 6) is -1.65. The Morgan fingerprint density at radius 3 is 2.27 bits per heavy atom. The van der Waals surface area contributed by atoms with Gasteiger partial charge in [-0.3, -0.25) is 14.4 Å². The highest BCUT2D eigenvalue weighted by molar-refractivity contribution is 8.26. The van der Waals surface area contributed by atoms with Gasteiger partial charge in [0.2, 0.25) is 11.8 Å². The molecule has 0 aliphatic carbocycles. The number of hydrogen-bond acceptors (Lipinski definition) is 5. The molecule has 5 nitrogen and oxygen atoms in total. The number of carbonyl (C=O) groups is 3. The van der Waals surface area contributed by atoms with Crippen molar-refractivity contribution in [3.8, 4) is 0 Å². The Bertz CT molecular complexity index is 687. The highest BCUT2D eigenvalue weighted by Crippen LogP contribution is 2.33. The largest absolute Gasteiger partial charge is 0.285 e. The summed E-state index contributed by atoms with van der Waals surface area (Å²) in [6.45, 7) is 2.39. The number of benzene rings is 1. The summed E-state index contributed by atoms with van der Waals surface area (Å²) in [6, 6.07) is 6.91. The van der Waals surface area contributed by atoms with Crippen LogP contribution in [0.25, 0.3) is 6.08 Å². The maximum atomic E-state index is 12.4. The molecule has 1 fully saturated rings. The van der Waals surface area contributed by atoms with Crippen molar-refractivity contribution in [2.75, 3.05) is 0 Å². The minimum absolute atomic E-state index is 0.135. The Morgan fingerprint density at radius 2 is 1.77 bits per heavy atom. The Hall–Kier alpha value is -1.70. The minimum Gasteiger partial charge on any atom is -0.273 e. The molecule has 3 amide bonds. The predicted octanol–water partition coefficient (Wildman–Crippen LogP) is 2.85. The standard InChI is InChI=1S/C14H11ClN2O3S2/c1-8(18)16(9(2)19)17-13(20)12(22-14(17)21)7-10-3-5-11(15)6-4-10/h3-7H,1-2H3/b12-7-. The molecule has 0 radical (unpaired) electrons. The third-order valence-electron chi connectivity index (χ3n) is 2.74. The number of amides is 3. The van der Waals surface area contributed by atoms with Crippen LogP contribution in [0.2, 0.25) is 5.02 Å². The van der Waals surface area contributed by atoms with Crippen LogP contribution in [-0.2, 0) is 14.4 Å². The Balaban J connectivity index is 2.34. The van der Waals surface area contributed by atoms with E-state index >= 15 is 0 Å². The van der Waals surface area contributed by atoms with Crippen LogP contribution in [0, 0.1) is 0 Å². The van der Waals surface area contributed by atoms with Crippen LogP contribution < -0.4 is 0 Å². The second-order valence-electron chi connectivity index (χ2n) is 4.39. The van der Waals surface area contributed by atoms with E-state index in [-0.39, 0.29) is 4.32 Å². The predicted molar refractivity (Wildman–Crippen MR) is 89.7 cm³/mol. The molecule has 1 aliphatic heterocycles. The fraction of sp³-hybridized carbons (Fsp3) is 0.143. The third kappa shape index (κ3) is 3.37.